The molecule has 1 heterocycles. The van der Waals surface area contributed by atoms with E-state index in [1.165, 1.54) is 65.3 Å². The standard InChI is InChI=1S/C52H33NO/c1-3-14-40-34(11-1)13-9-19-41(40)36-23-28-38(29-24-36)53(50-21-10-20-47-46-18-7-8-22-51(46)54-52(47)50)39-30-25-37(26-31-39)48-33-49-42-15-4-2-12-35(42)27-32-45(49)43-16-5-6-17-44(43)48/h1-33H. The topological polar surface area (TPSA) is 16.4 Å². The van der Waals surface area contributed by atoms with Crippen LogP contribution in [0, 0.1) is 0 Å². The smallest absolute Gasteiger partial charge is 0.159 e. The van der Waals surface area contributed by atoms with Crippen molar-refractivity contribution in [2.24, 2.45) is 0 Å². The van der Waals surface area contributed by atoms with Gasteiger partial charge in [-0.05, 0) is 108 Å². The highest BCUT2D eigenvalue weighted by Gasteiger charge is 2.20. The van der Waals surface area contributed by atoms with E-state index in [9.17, 15) is 0 Å². The summed E-state index contributed by atoms with van der Waals surface area (Å²) in [6, 6.07) is 72.2. The van der Waals surface area contributed by atoms with Crippen LogP contribution in [-0.2, 0) is 0 Å². The Labute approximate surface area is 312 Å². The molecule has 0 atom stereocenters. The number of fused-ring (bicyclic) bond motifs is 9. The maximum Gasteiger partial charge on any atom is 0.159 e. The summed E-state index contributed by atoms with van der Waals surface area (Å²) in [4.78, 5) is 2.33. The zero-order valence-corrected chi connectivity index (χ0v) is 29.4. The third-order valence-corrected chi connectivity index (χ3v) is 11.1. The van der Waals surface area contributed by atoms with Gasteiger partial charge >= 0.3 is 0 Å². The molecule has 1 aromatic heterocycles. The number of hydrogen-bond acceptors (Lipinski definition) is 2. The van der Waals surface area contributed by atoms with Crippen LogP contribution in [0.15, 0.2) is 205 Å². The molecule has 2 heteroatoms. The highest BCUT2D eigenvalue weighted by Crippen LogP contribution is 2.44. The maximum atomic E-state index is 6.62. The first-order valence-electron chi connectivity index (χ1n) is 18.5. The average molecular weight is 688 g/mol. The monoisotopic (exact) mass is 687 g/mol. The van der Waals surface area contributed by atoms with Gasteiger partial charge in [-0.2, -0.15) is 0 Å². The van der Waals surface area contributed by atoms with Crippen molar-refractivity contribution in [1.82, 2.24) is 0 Å². The summed E-state index contributed by atoms with van der Waals surface area (Å²) in [7, 11) is 0. The Kier molecular flexibility index (Phi) is 6.90. The van der Waals surface area contributed by atoms with Crippen LogP contribution >= 0.6 is 0 Å². The molecule has 54 heavy (non-hydrogen) atoms. The molecule has 0 aliphatic carbocycles. The van der Waals surface area contributed by atoms with Crippen molar-refractivity contribution in [2.75, 3.05) is 4.90 Å². The summed E-state index contributed by atoms with van der Waals surface area (Å²) in [5.74, 6) is 0. The number of para-hydroxylation sites is 2. The molecule has 0 radical (unpaired) electrons. The van der Waals surface area contributed by atoms with E-state index in [0.29, 0.717) is 0 Å². The van der Waals surface area contributed by atoms with Crippen molar-refractivity contribution >= 4 is 82.1 Å². The zero-order chi connectivity index (χ0) is 35.6. The lowest BCUT2D eigenvalue weighted by molar-refractivity contribution is 0.669. The second-order valence-corrected chi connectivity index (χ2v) is 14.1. The van der Waals surface area contributed by atoms with Crippen LogP contribution in [0.4, 0.5) is 17.1 Å². The summed E-state index contributed by atoms with van der Waals surface area (Å²) in [5, 5.41) is 12.3. The van der Waals surface area contributed by atoms with Crippen LogP contribution in [0.2, 0.25) is 0 Å². The van der Waals surface area contributed by atoms with Gasteiger partial charge in [0.15, 0.2) is 5.58 Å². The van der Waals surface area contributed by atoms with Gasteiger partial charge in [-0.1, -0.05) is 158 Å². The summed E-state index contributed by atoms with van der Waals surface area (Å²) in [5.41, 5.74) is 9.68. The molecule has 0 N–H and O–H groups in total. The Balaban J connectivity index is 1.08. The van der Waals surface area contributed by atoms with E-state index in [4.69, 9.17) is 4.42 Å². The number of nitrogens with zero attached hydrogens (tertiary/aromatic N) is 1. The van der Waals surface area contributed by atoms with Gasteiger partial charge in [-0.15, -0.1) is 0 Å². The highest BCUT2D eigenvalue weighted by atomic mass is 16.3. The molecule has 2 nitrogen and oxygen atoms in total. The van der Waals surface area contributed by atoms with Crippen LogP contribution in [0.3, 0.4) is 0 Å². The zero-order valence-electron chi connectivity index (χ0n) is 29.4. The minimum atomic E-state index is 0.869. The second kappa shape index (κ2) is 12.2. The number of hydrogen-bond donors (Lipinski definition) is 0. The molecule has 0 unspecified atom stereocenters. The van der Waals surface area contributed by atoms with Gasteiger partial charge < -0.3 is 9.32 Å². The summed E-state index contributed by atoms with van der Waals surface area (Å²) >= 11 is 0. The molecule has 0 saturated carbocycles. The van der Waals surface area contributed by atoms with Gasteiger partial charge in [0.25, 0.3) is 0 Å². The number of anilines is 3. The molecule has 0 saturated heterocycles. The minimum absolute atomic E-state index is 0.869. The minimum Gasteiger partial charge on any atom is -0.454 e. The molecule has 0 spiro atoms. The van der Waals surface area contributed by atoms with Crippen LogP contribution < -0.4 is 4.90 Å². The van der Waals surface area contributed by atoms with Crippen molar-refractivity contribution in [3.05, 3.63) is 200 Å². The third-order valence-electron chi connectivity index (χ3n) is 11.1. The van der Waals surface area contributed by atoms with Crippen molar-refractivity contribution in [3.63, 3.8) is 0 Å². The Bertz CT molecular complexity index is 3200. The lowest BCUT2D eigenvalue weighted by Gasteiger charge is -2.26. The average Bonchev–Trinajstić information content (AvgIpc) is 3.63. The largest absolute Gasteiger partial charge is 0.454 e. The Morgan fingerprint density at radius 1 is 0.315 bits per heavy atom. The summed E-state index contributed by atoms with van der Waals surface area (Å²) in [6.45, 7) is 0. The lowest BCUT2D eigenvalue weighted by atomic mass is 9.91. The number of furan rings is 1. The SMILES string of the molecule is c1ccc2c(-c3ccc(N(c4ccc(-c5cc6c7ccccc7ccc6c6ccccc56)cc4)c4cccc5c4oc4ccccc45)cc3)cccc2c1. The number of rotatable bonds is 5. The fraction of sp³-hybridized carbons (Fsp3) is 0. The molecule has 11 rings (SSSR count). The molecule has 0 bridgehead atoms. The van der Waals surface area contributed by atoms with Crippen LogP contribution in [0.5, 0.6) is 0 Å². The summed E-state index contributed by atoms with van der Waals surface area (Å²) < 4.78 is 6.62. The van der Waals surface area contributed by atoms with Crippen LogP contribution in [0.25, 0.3) is 87.3 Å². The van der Waals surface area contributed by atoms with Crippen molar-refractivity contribution in [1.29, 1.82) is 0 Å². The number of benzene rings is 10. The molecule has 0 aliphatic heterocycles. The molecule has 252 valence electrons. The first-order valence-corrected chi connectivity index (χ1v) is 18.5. The van der Waals surface area contributed by atoms with E-state index in [1.807, 2.05) is 12.1 Å². The van der Waals surface area contributed by atoms with Gasteiger partial charge in [-0.3, -0.25) is 0 Å². The molecule has 11 aromatic rings. The first-order chi connectivity index (χ1) is 26.8. The van der Waals surface area contributed by atoms with E-state index in [-0.39, 0.29) is 0 Å². The maximum absolute atomic E-state index is 6.62. The van der Waals surface area contributed by atoms with E-state index >= 15 is 0 Å². The highest BCUT2D eigenvalue weighted by molar-refractivity contribution is 6.21. The predicted molar refractivity (Wildman–Crippen MR) is 229 cm³/mol. The molecule has 0 amide bonds. The Hall–Kier alpha value is -7.16. The molecular formula is C52H33NO. The Morgan fingerprint density at radius 2 is 0.852 bits per heavy atom. The van der Waals surface area contributed by atoms with Crippen molar-refractivity contribution < 1.29 is 4.42 Å². The predicted octanol–water partition coefficient (Wildman–Crippen LogP) is 15.0. The Morgan fingerprint density at radius 3 is 1.61 bits per heavy atom. The van der Waals surface area contributed by atoms with Crippen molar-refractivity contribution in [2.45, 2.75) is 0 Å². The van der Waals surface area contributed by atoms with E-state index in [2.05, 4.69) is 193 Å². The molecule has 0 aliphatic rings. The fourth-order valence-corrected chi connectivity index (χ4v) is 8.49. The van der Waals surface area contributed by atoms with Crippen LogP contribution in [-0.4, -0.2) is 0 Å². The molecule has 10 aromatic carbocycles. The van der Waals surface area contributed by atoms with E-state index in [1.54, 1.807) is 0 Å². The molecule has 0 fully saturated rings. The van der Waals surface area contributed by atoms with Gasteiger partial charge in [0.2, 0.25) is 0 Å². The second-order valence-electron chi connectivity index (χ2n) is 14.1. The fourth-order valence-electron chi connectivity index (χ4n) is 8.49. The van der Waals surface area contributed by atoms with Gasteiger partial charge in [0, 0.05) is 22.1 Å². The van der Waals surface area contributed by atoms with Crippen molar-refractivity contribution in [3.8, 4) is 22.3 Å². The van der Waals surface area contributed by atoms with Gasteiger partial charge in [0.1, 0.15) is 5.58 Å². The summed E-state index contributed by atoms with van der Waals surface area (Å²) in [6.07, 6.45) is 0. The van der Waals surface area contributed by atoms with Gasteiger partial charge in [-0.25, -0.2) is 0 Å². The third kappa shape index (κ3) is 4.81. The lowest BCUT2D eigenvalue weighted by Crippen LogP contribution is -2.10. The van der Waals surface area contributed by atoms with Gasteiger partial charge in [0.05, 0.1) is 5.69 Å². The first kappa shape index (κ1) is 30.5. The van der Waals surface area contributed by atoms with Crippen LogP contribution in [0.1, 0.15) is 0 Å². The molecular weight excluding hydrogens is 655 g/mol. The van der Waals surface area contributed by atoms with E-state index in [0.717, 1.165) is 39.0 Å². The van der Waals surface area contributed by atoms with E-state index < -0.39 is 0 Å². The normalized spacial score (nSPS) is 11.7. The quantitative estimate of drug-likeness (QED) is 0.168.